The number of aryl methyl sites for hydroxylation is 1. The van der Waals surface area contributed by atoms with Crippen molar-refractivity contribution in [2.45, 2.75) is 19.9 Å². The number of nitrogens with zero attached hydrogens (tertiary/aromatic N) is 1. The molecular formula is C14H16N2O2S. The van der Waals surface area contributed by atoms with Crippen molar-refractivity contribution in [2.75, 3.05) is 6.54 Å². The molecule has 0 atom stereocenters. The molecule has 0 aliphatic rings. The van der Waals surface area contributed by atoms with Crippen LogP contribution >= 0.6 is 11.3 Å². The van der Waals surface area contributed by atoms with Crippen molar-refractivity contribution in [3.8, 4) is 0 Å². The van der Waals surface area contributed by atoms with Crippen LogP contribution in [0.25, 0.3) is 0 Å². The Kier molecular flexibility index (Phi) is 4.65. The monoisotopic (exact) mass is 276 g/mol. The van der Waals surface area contributed by atoms with Crippen molar-refractivity contribution < 1.29 is 4.92 Å². The number of hydrogen-bond acceptors (Lipinski definition) is 4. The third kappa shape index (κ3) is 3.87. The number of thiophene rings is 1. The van der Waals surface area contributed by atoms with E-state index in [1.165, 1.54) is 22.5 Å². The van der Waals surface area contributed by atoms with Gasteiger partial charge >= 0.3 is 5.00 Å². The smallest absolute Gasteiger partial charge is 0.312 e. The SMILES string of the molecule is Cc1ccccc1CCNCc1csc([N+](=O)[O-])c1. The zero-order valence-corrected chi connectivity index (χ0v) is 11.6. The van der Waals surface area contributed by atoms with E-state index in [1.54, 1.807) is 6.07 Å². The second kappa shape index (κ2) is 6.45. The highest BCUT2D eigenvalue weighted by atomic mass is 32.1. The molecule has 0 aliphatic heterocycles. The Morgan fingerprint density at radius 1 is 1.37 bits per heavy atom. The number of benzene rings is 1. The third-order valence-corrected chi connectivity index (χ3v) is 3.91. The molecule has 0 bridgehead atoms. The van der Waals surface area contributed by atoms with Crippen LogP contribution in [0.4, 0.5) is 5.00 Å². The molecule has 0 spiro atoms. The minimum absolute atomic E-state index is 0.204. The normalized spacial score (nSPS) is 10.6. The van der Waals surface area contributed by atoms with E-state index in [9.17, 15) is 10.1 Å². The van der Waals surface area contributed by atoms with Crippen LogP contribution < -0.4 is 5.32 Å². The molecule has 100 valence electrons. The van der Waals surface area contributed by atoms with Crippen molar-refractivity contribution in [1.82, 2.24) is 5.32 Å². The van der Waals surface area contributed by atoms with E-state index in [0.717, 1.165) is 18.5 Å². The van der Waals surface area contributed by atoms with Gasteiger partial charge in [-0.1, -0.05) is 35.6 Å². The second-order valence-electron chi connectivity index (χ2n) is 4.40. The largest absolute Gasteiger partial charge is 0.324 e. The molecule has 0 radical (unpaired) electrons. The lowest BCUT2D eigenvalue weighted by molar-refractivity contribution is -0.380. The van der Waals surface area contributed by atoms with Crippen LogP contribution in [0.3, 0.4) is 0 Å². The Bertz CT molecular complexity index is 566. The summed E-state index contributed by atoms with van der Waals surface area (Å²) in [6, 6.07) is 9.96. The second-order valence-corrected chi connectivity index (χ2v) is 5.29. The lowest BCUT2D eigenvalue weighted by Crippen LogP contribution is -2.16. The van der Waals surface area contributed by atoms with E-state index in [2.05, 4.69) is 24.4 Å². The van der Waals surface area contributed by atoms with Crippen molar-refractivity contribution in [1.29, 1.82) is 0 Å². The summed E-state index contributed by atoms with van der Waals surface area (Å²) in [5, 5.41) is 15.9. The molecular weight excluding hydrogens is 260 g/mol. The van der Waals surface area contributed by atoms with Crippen LogP contribution in [0.2, 0.25) is 0 Å². The van der Waals surface area contributed by atoms with E-state index in [0.29, 0.717) is 6.54 Å². The van der Waals surface area contributed by atoms with Gasteiger partial charge in [0.1, 0.15) is 0 Å². The lowest BCUT2D eigenvalue weighted by Gasteiger charge is -2.06. The molecule has 0 saturated carbocycles. The standard InChI is InChI=1S/C14H16N2O2S/c1-11-4-2-3-5-13(11)6-7-15-9-12-8-14(16(17)18)19-10-12/h2-5,8,10,15H,6-7,9H2,1H3. The predicted octanol–water partition coefficient (Wildman–Crippen LogP) is 3.30. The maximum atomic E-state index is 10.6. The molecule has 2 aromatic rings. The highest BCUT2D eigenvalue weighted by molar-refractivity contribution is 7.13. The molecule has 0 fully saturated rings. The molecule has 1 aromatic carbocycles. The van der Waals surface area contributed by atoms with Gasteiger partial charge in [0.15, 0.2) is 0 Å². The summed E-state index contributed by atoms with van der Waals surface area (Å²) in [7, 11) is 0. The Hall–Kier alpha value is -1.72. The van der Waals surface area contributed by atoms with Crippen LogP contribution in [-0.2, 0) is 13.0 Å². The zero-order valence-electron chi connectivity index (χ0n) is 10.8. The minimum atomic E-state index is -0.346. The fourth-order valence-corrected chi connectivity index (χ4v) is 2.63. The Balaban J connectivity index is 1.77. The first-order valence-corrected chi connectivity index (χ1v) is 7.02. The van der Waals surface area contributed by atoms with Crippen LogP contribution in [0.5, 0.6) is 0 Å². The highest BCUT2D eigenvalue weighted by Gasteiger charge is 2.08. The number of hydrogen-bond donors (Lipinski definition) is 1. The summed E-state index contributed by atoms with van der Waals surface area (Å²) in [4.78, 5) is 10.2. The fourth-order valence-electron chi connectivity index (χ4n) is 1.90. The Labute approximate surface area is 116 Å². The first kappa shape index (κ1) is 13.7. The summed E-state index contributed by atoms with van der Waals surface area (Å²) in [5.74, 6) is 0. The van der Waals surface area contributed by atoms with Crippen molar-refractivity contribution in [2.24, 2.45) is 0 Å². The van der Waals surface area contributed by atoms with Crippen molar-refractivity contribution >= 4 is 16.3 Å². The average molecular weight is 276 g/mol. The molecule has 1 heterocycles. The molecule has 0 unspecified atom stereocenters. The van der Waals surface area contributed by atoms with Gasteiger partial charge in [-0.05, 0) is 36.6 Å². The summed E-state index contributed by atoms with van der Waals surface area (Å²) in [6.07, 6.45) is 0.971. The summed E-state index contributed by atoms with van der Waals surface area (Å²) < 4.78 is 0. The summed E-state index contributed by atoms with van der Waals surface area (Å²) >= 11 is 1.18. The summed E-state index contributed by atoms with van der Waals surface area (Å²) in [6.45, 7) is 3.66. The van der Waals surface area contributed by atoms with Gasteiger partial charge in [-0.2, -0.15) is 0 Å². The molecule has 5 heteroatoms. The van der Waals surface area contributed by atoms with Crippen LogP contribution in [-0.4, -0.2) is 11.5 Å². The van der Waals surface area contributed by atoms with Crippen LogP contribution in [0, 0.1) is 17.0 Å². The van der Waals surface area contributed by atoms with Gasteiger partial charge in [0, 0.05) is 18.0 Å². The molecule has 0 amide bonds. The minimum Gasteiger partial charge on any atom is -0.312 e. The van der Waals surface area contributed by atoms with Gasteiger partial charge in [-0.3, -0.25) is 10.1 Å². The summed E-state index contributed by atoms with van der Waals surface area (Å²) in [5.41, 5.74) is 3.61. The third-order valence-electron chi connectivity index (χ3n) is 2.98. The average Bonchev–Trinajstić information content (AvgIpc) is 2.85. The van der Waals surface area contributed by atoms with Crippen LogP contribution in [0.15, 0.2) is 35.7 Å². The van der Waals surface area contributed by atoms with Gasteiger partial charge in [-0.15, -0.1) is 0 Å². The van der Waals surface area contributed by atoms with E-state index < -0.39 is 0 Å². The Morgan fingerprint density at radius 3 is 2.84 bits per heavy atom. The zero-order chi connectivity index (χ0) is 13.7. The molecule has 1 aromatic heterocycles. The molecule has 0 aliphatic carbocycles. The van der Waals surface area contributed by atoms with E-state index in [-0.39, 0.29) is 9.92 Å². The highest BCUT2D eigenvalue weighted by Crippen LogP contribution is 2.22. The quantitative estimate of drug-likeness (QED) is 0.500. The van der Waals surface area contributed by atoms with Gasteiger partial charge < -0.3 is 5.32 Å². The number of nitro groups is 1. The van der Waals surface area contributed by atoms with Crippen molar-refractivity contribution in [3.63, 3.8) is 0 Å². The Morgan fingerprint density at radius 2 is 2.16 bits per heavy atom. The van der Waals surface area contributed by atoms with E-state index in [4.69, 9.17) is 0 Å². The van der Waals surface area contributed by atoms with Crippen LogP contribution in [0.1, 0.15) is 16.7 Å². The molecule has 0 saturated heterocycles. The number of nitrogens with one attached hydrogen (secondary N) is 1. The van der Waals surface area contributed by atoms with Crippen molar-refractivity contribution in [3.05, 3.63) is 62.5 Å². The first-order chi connectivity index (χ1) is 9.16. The van der Waals surface area contributed by atoms with Gasteiger partial charge in [0.25, 0.3) is 0 Å². The number of rotatable bonds is 6. The van der Waals surface area contributed by atoms with E-state index in [1.807, 2.05) is 17.5 Å². The topological polar surface area (TPSA) is 55.2 Å². The maximum absolute atomic E-state index is 10.6. The lowest BCUT2D eigenvalue weighted by atomic mass is 10.1. The molecule has 2 rings (SSSR count). The predicted molar refractivity (Wildman–Crippen MR) is 77.6 cm³/mol. The molecule has 1 N–H and O–H groups in total. The molecule has 4 nitrogen and oxygen atoms in total. The van der Waals surface area contributed by atoms with Gasteiger partial charge in [0.05, 0.1) is 4.92 Å². The van der Waals surface area contributed by atoms with E-state index >= 15 is 0 Å². The first-order valence-electron chi connectivity index (χ1n) is 6.14. The molecule has 19 heavy (non-hydrogen) atoms. The van der Waals surface area contributed by atoms with Gasteiger partial charge in [-0.25, -0.2) is 0 Å². The maximum Gasteiger partial charge on any atom is 0.324 e. The fraction of sp³-hybridized carbons (Fsp3) is 0.286. The van der Waals surface area contributed by atoms with Gasteiger partial charge in [0.2, 0.25) is 0 Å².